The van der Waals surface area contributed by atoms with Gasteiger partial charge in [-0.05, 0) is 30.6 Å². The summed E-state index contributed by atoms with van der Waals surface area (Å²) in [5.41, 5.74) is 2.62. The van der Waals surface area contributed by atoms with Gasteiger partial charge in [0.1, 0.15) is 0 Å². The Balaban J connectivity index is 2.39. The summed E-state index contributed by atoms with van der Waals surface area (Å²) in [5.74, 6) is 0.827. The number of guanidine groups is 1. The molecule has 2 N–H and O–H groups in total. The van der Waals surface area contributed by atoms with Crippen molar-refractivity contribution in [2.24, 2.45) is 4.99 Å². The van der Waals surface area contributed by atoms with Gasteiger partial charge in [-0.3, -0.25) is 9.89 Å². The van der Waals surface area contributed by atoms with E-state index in [-0.39, 0.29) is 0 Å². The van der Waals surface area contributed by atoms with Crippen molar-refractivity contribution in [2.75, 3.05) is 40.4 Å². The average molecular weight is 320 g/mol. The molecule has 0 unspecified atom stereocenters. The van der Waals surface area contributed by atoms with Gasteiger partial charge >= 0.3 is 0 Å². The molecule has 0 spiro atoms. The van der Waals surface area contributed by atoms with Gasteiger partial charge in [-0.15, -0.1) is 0 Å². The second-order valence-corrected chi connectivity index (χ2v) is 5.48. The van der Waals surface area contributed by atoms with E-state index >= 15 is 0 Å². The number of methoxy groups -OCH3 is 1. The first-order valence-corrected chi connectivity index (χ1v) is 8.47. The molecule has 0 aliphatic rings. The second kappa shape index (κ2) is 11.9. The highest BCUT2D eigenvalue weighted by Crippen LogP contribution is 2.07. The Morgan fingerprint density at radius 3 is 2.30 bits per heavy atom. The topological polar surface area (TPSA) is 48.9 Å². The highest BCUT2D eigenvalue weighted by molar-refractivity contribution is 5.79. The van der Waals surface area contributed by atoms with Gasteiger partial charge in [-0.2, -0.15) is 0 Å². The second-order valence-electron chi connectivity index (χ2n) is 5.48. The number of aliphatic imine (C=N–C) groups is 1. The van der Waals surface area contributed by atoms with Gasteiger partial charge in [-0.25, -0.2) is 0 Å². The van der Waals surface area contributed by atoms with Gasteiger partial charge in [-0.1, -0.05) is 38.1 Å². The predicted octanol–water partition coefficient (Wildman–Crippen LogP) is 2.23. The van der Waals surface area contributed by atoms with Crippen molar-refractivity contribution >= 4 is 5.96 Å². The first-order valence-electron chi connectivity index (χ1n) is 8.47. The van der Waals surface area contributed by atoms with Crippen molar-refractivity contribution in [3.8, 4) is 0 Å². The average Bonchev–Trinajstić information content (AvgIpc) is 2.60. The molecular formula is C18H32N4O. The molecule has 0 saturated heterocycles. The lowest BCUT2D eigenvalue weighted by Crippen LogP contribution is -2.37. The molecule has 130 valence electrons. The standard InChI is InChI=1S/C18H32N4O/c1-5-22(6-2)15-17-10-8-16(9-11-17)14-21-18(19-3)20-12-7-13-23-4/h8-11H,5-7,12-15H2,1-4H3,(H2,19,20,21). The van der Waals surface area contributed by atoms with Crippen LogP contribution in [0.2, 0.25) is 0 Å². The van der Waals surface area contributed by atoms with Crippen LogP contribution in [0.25, 0.3) is 0 Å². The maximum atomic E-state index is 5.04. The quantitative estimate of drug-likeness (QED) is 0.394. The zero-order valence-electron chi connectivity index (χ0n) is 15.1. The lowest BCUT2D eigenvalue weighted by atomic mass is 10.1. The number of rotatable bonds is 10. The van der Waals surface area contributed by atoms with Crippen molar-refractivity contribution in [3.63, 3.8) is 0 Å². The minimum Gasteiger partial charge on any atom is -0.385 e. The summed E-state index contributed by atoms with van der Waals surface area (Å²) in [6.07, 6.45) is 0.969. The van der Waals surface area contributed by atoms with Crippen LogP contribution in [0.4, 0.5) is 0 Å². The van der Waals surface area contributed by atoms with Crippen LogP contribution in [0, 0.1) is 0 Å². The fourth-order valence-electron chi connectivity index (χ4n) is 2.30. The largest absolute Gasteiger partial charge is 0.385 e. The normalized spacial score (nSPS) is 11.8. The summed E-state index contributed by atoms with van der Waals surface area (Å²) in [7, 11) is 3.51. The van der Waals surface area contributed by atoms with E-state index in [4.69, 9.17) is 4.74 Å². The minimum absolute atomic E-state index is 0.762. The molecule has 0 amide bonds. The van der Waals surface area contributed by atoms with Gasteiger partial charge in [0.2, 0.25) is 0 Å². The van der Waals surface area contributed by atoms with E-state index < -0.39 is 0 Å². The maximum Gasteiger partial charge on any atom is 0.191 e. The van der Waals surface area contributed by atoms with Crippen molar-refractivity contribution in [2.45, 2.75) is 33.4 Å². The highest BCUT2D eigenvalue weighted by atomic mass is 16.5. The highest BCUT2D eigenvalue weighted by Gasteiger charge is 2.02. The van der Waals surface area contributed by atoms with Crippen molar-refractivity contribution in [1.29, 1.82) is 0 Å². The molecule has 5 nitrogen and oxygen atoms in total. The molecular weight excluding hydrogens is 288 g/mol. The number of ether oxygens (including phenoxy) is 1. The van der Waals surface area contributed by atoms with Crippen LogP contribution in [0.5, 0.6) is 0 Å². The predicted molar refractivity (Wildman–Crippen MR) is 97.8 cm³/mol. The van der Waals surface area contributed by atoms with Crippen molar-refractivity contribution in [1.82, 2.24) is 15.5 Å². The maximum absolute atomic E-state index is 5.04. The Labute approximate surface area is 141 Å². The molecule has 0 saturated carbocycles. The number of nitrogens with one attached hydrogen (secondary N) is 2. The van der Waals surface area contributed by atoms with E-state index in [2.05, 4.69) is 58.6 Å². The third kappa shape index (κ3) is 8.00. The SMILES string of the molecule is CCN(CC)Cc1ccc(CNC(=NC)NCCCOC)cc1. The molecule has 0 radical (unpaired) electrons. The van der Waals surface area contributed by atoms with Crippen molar-refractivity contribution in [3.05, 3.63) is 35.4 Å². The molecule has 0 bridgehead atoms. The summed E-state index contributed by atoms with van der Waals surface area (Å²) in [6, 6.07) is 8.79. The monoisotopic (exact) mass is 320 g/mol. The van der Waals surface area contributed by atoms with E-state index in [9.17, 15) is 0 Å². The van der Waals surface area contributed by atoms with Crippen LogP contribution >= 0.6 is 0 Å². The van der Waals surface area contributed by atoms with E-state index in [0.29, 0.717) is 0 Å². The molecule has 0 heterocycles. The van der Waals surface area contributed by atoms with Gasteiger partial charge in [0.25, 0.3) is 0 Å². The number of benzene rings is 1. The molecule has 1 aromatic carbocycles. The van der Waals surface area contributed by atoms with E-state index in [0.717, 1.165) is 51.7 Å². The zero-order valence-corrected chi connectivity index (χ0v) is 15.1. The lowest BCUT2D eigenvalue weighted by Gasteiger charge is -2.18. The molecule has 0 aliphatic carbocycles. The molecule has 23 heavy (non-hydrogen) atoms. The van der Waals surface area contributed by atoms with Crippen LogP contribution in [0.3, 0.4) is 0 Å². The number of hydrogen-bond acceptors (Lipinski definition) is 3. The number of hydrogen-bond donors (Lipinski definition) is 2. The van der Waals surface area contributed by atoms with Crippen molar-refractivity contribution < 1.29 is 4.74 Å². The molecule has 0 atom stereocenters. The third-order valence-corrected chi connectivity index (χ3v) is 3.82. The Bertz CT molecular complexity index is 441. The summed E-state index contributed by atoms with van der Waals surface area (Å²) < 4.78 is 5.04. The first-order chi connectivity index (χ1) is 11.2. The summed E-state index contributed by atoms with van der Waals surface area (Å²) in [5, 5.41) is 6.61. The van der Waals surface area contributed by atoms with Crippen LogP contribution < -0.4 is 10.6 Å². The molecule has 0 aromatic heterocycles. The third-order valence-electron chi connectivity index (χ3n) is 3.82. The van der Waals surface area contributed by atoms with E-state index in [1.807, 2.05) is 0 Å². The Hall–Kier alpha value is -1.59. The Morgan fingerprint density at radius 2 is 1.74 bits per heavy atom. The summed E-state index contributed by atoms with van der Waals surface area (Å²) >= 11 is 0. The summed E-state index contributed by atoms with van der Waals surface area (Å²) in [6.45, 7) is 9.99. The first kappa shape index (κ1) is 19.5. The van der Waals surface area contributed by atoms with Crippen LogP contribution in [0.1, 0.15) is 31.4 Å². The zero-order chi connectivity index (χ0) is 16.9. The lowest BCUT2D eigenvalue weighted by molar-refractivity contribution is 0.195. The van der Waals surface area contributed by atoms with E-state index in [1.54, 1.807) is 14.2 Å². The van der Waals surface area contributed by atoms with Crippen LogP contribution in [0.15, 0.2) is 29.3 Å². The minimum atomic E-state index is 0.762. The van der Waals surface area contributed by atoms with Gasteiger partial charge < -0.3 is 15.4 Å². The summed E-state index contributed by atoms with van der Waals surface area (Å²) in [4.78, 5) is 6.64. The van der Waals surface area contributed by atoms with Gasteiger partial charge in [0.15, 0.2) is 5.96 Å². The van der Waals surface area contributed by atoms with Gasteiger partial charge in [0, 0.05) is 40.4 Å². The molecule has 1 aromatic rings. The fourth-order valence-corrected chi connectivity index (χ4v) is 2.30. The van der Waals surface area contributed by atoms with E-state index in [1.165, 1.54) is 11.1 Å². The fraction of sp³-hybridized carbons (Fsp3) is 0.611. The molecule has 0 fully saturated rings. The Morgan fingerprint density at radius 1 is 1.09 bits per heavy atom. The van der Waals surface area contributed by atoms with Crippen LogP contribution in [-0.2, 0) is 17.8 Å². The smallest absolute Gasteiger partial charge is 0.191 e. The molecule has 1 rings (SSSR count). The van der Waals surface area contributed by atoms with Gasteiger partial charge in [0.05, 0.1) is 0 Å². The Kier molecular flexibility index (Phi) is 10.1. The molecule has 5 heteroatoms. The number of nitrogens with zero attached hydrogens (tertiary/aromatic N) is 2. The molecule has 0 aliphatic heterocycles. The van der Waals surface area contributed by atoms with Crippen LogP contribution in [-0.4, -0.2) is 51.3 Å².